The molecule has 0 bridgehead atoms. The summed E-state index contributed by atoms with van der Waals surface area (Å²) in [4.78, 5) is 21.2. The predicted molar refractivity (Wildman–Crippen MR) is 49.9 cm³/mol. The zero-order chi connectivity index (χ0) is 9.98. The van der Waals surface area contributed by atoms with Crippen LogP contribution >= 0.6 is 0 Å². The second-order valence-electron chi connectivity index (χ2n) is 2.07. The molecule has 0 aliphatic heterocycles. The largest absolute Gasteiger partial charge is 0.359 e. The molecule has 12 heavy (non-hydrogen) atoms. The third-order valence-electron chi connectivity index (χ3n) is 1.30. The maximum Gasteiger partial charge on any atom is 0.220 e. The van der Waals surface area contributed by atoms with Crippen molar-refractivity contribution in [2.24, 2.45) is 0 Å². The number of carbonyl (C=O) groups is 2. The van der Waals surface area contributed by atoms with Gasteiger partial charge in [-0.3, -0.25) is 9.59 Å². The van der Waals surface area contributed by atoms with Crippen molar-refractivity contribution in [3.8, 4) is 0 Å². The van der Waals surface area contributed by atoms with E-state index >= 15 is 0 Å². The molecule has 3 nitrogen and oxygen atoms in total. The van der Waals surface area contributed by atoms with Crippen LogP contribution in [-0.2, 0) is 9.59 Å². The van der Waals surface area contributed by atoms with Gasteiger partial charge in [-0.1, -0.05) is 20.8 Å². The molecule has 1 N–H and O–H groups in total. The van der Waals surface area contributed by atoms with Crippen molar-refractivity contribution < 1.29 is 9.59 Å². The highest BCUT2D eigenvalue weighted by atomic mass is 16.2. The second kappa shape index (κ2) is 10.1. The molecule has 0 aliphatic carbocycles. The van der Waals surface area contributed by atoms with Crippen molar-refractivity contribution in [3.05, 3.63) is 0 Å². The molecular formula is C9H19NO2. The third kappa shape index (κ3) is 9.14. The molecule has 0 unspecified atom stereocenters. The summed E-state index contributed by atoms with van der Waals surface area (Å²) in [6.07, 6.45) is 1.22. The fraction of sp³-hybridized carbons (Fsp3) is 0.778. The molecule has 0 aliphatic rings. The molecule has 0 aromatic carbocycles. The van der Waals surface area contributed by atoms with Gasteiger partial charge in [-0.2, -0.15) is 0 Å². The van der Waals surface area contributed by atoms with Crippen LogP contribution in [0.2, 0.25) is 0 Å². The number of Topliss-reactive ketones (excluding diaryl/α,β-unsaturated/α-hetero) is 1. The monoisotopic (exact) mass is 173 g/mol. The summed E-state index contributed by atoms with van der Waals surface area (Å²) in [6.45, 7) is 5.80. The average molecular weight is 173 g/mol. The normalized spacial score (nSPS) is 8.00. The van der Waals surface area contributed by atoms with Crippen LogP contribution < -0.4 is 5.32 Å². The SMILES string of the molecule is CC.CCC(=O)CCC(=O)NC. The molecule has 0 rings (SSSR count). The first-order valence-electron chi connectivity index (χ1n) is 4.43. The van der Waals surface area contributed by atoms with Crippen molar-refractivity contribution in [1.82, 2.24) is 5.32 Å². The molecule has 0 fully saturated rings. The van der Waals surface area contributed by atoms with E-state index in [1.54, 1.807) is 14.0 Å². The number of ketones is 1. The smallest absolute Gasteiger partial charge is 0.220 e. The molecule has 0 aromatic rings. The summed E-state index contributed by atoms with van der Waals surface area (Å²) in [7, 11) is 1.57. The first kappa shape index (κ1) is 13.7. The van der Waals surface area contributed by atoms with Gasteiger partial charge in [0.2, 0.25) is 5.91 Å². The highest BCUT2D eigenvalue weighted by molar-refractivity contribution is 5.84. The van der Waals surface area contributed by atoms with E-state index in [1.165, 1.54) is 0 Å². The van der Waals surface area contributed by atoms with E-state index in [1.807, 2.05) is 13.8 Å². The first-order valence-corrected chi connectivity index (χ1v) is 4.43. The second-order valence-corrected chi connectivity index (χ2v) is 2.07. The summed E-state index contributed by atoms with van der Waals surface area (Å²) in [6, 6.07) is 0. The Morgan fingerprint density at radius 2 is 1.67 bits per heavy atom. The molecule has 0 spiro atoms. The lowest BCUT2D eigenvalue weighted by atomic mass is 10.2. The van der Waals surface area contributed by atoms with Gasteiger partial charge in [-0.25, -0.2) is 0 Å². The molecule has 1 amide bonds. The molecule has 0 aromatic heterocycles. The van der Waals surface area contributed by atoms with E-state index in [0.717, 1.165) is 0 Å². The van der Waals surface area contributed by atoms with Gasteiger partial charge in [0.1, 0.15) is 5.78 Å². The fourth-order valence-corrected chi connectivity index (χ4v) is 0.555. The zero-order valence-corrected chi connectivity index (χ0v) is 8.44. The van der Waals surface area contributed by atoms with Crippen LogP contribution in [0.1, 0.15) is 40.0 Å². The highest BCUT2D eigenvalue weighted by Gasteiger charge is 2.01. The first-order chi connectivity index (χ1) is 5.70. The van der Waals surface area contributed by atoms with Crippen LogP contribution in [0.15, 0.2) is 0 Å². The topological polar surface area (TPSA) is 46.2 Å². The fourth-order valence-electron chi connectivity index (χ4n) is 0.555. The van der Waals surface area contributed by atoms with Crippen molar-refractivity contribution >= 4 is 11.7 Å². The van der Waals surface area contributed by atoms with Gasteiger partial charge in [-0.15, -0.1) is 0 Å². The van der Waals surface area contributed by atoms with Crippen molar-refractivity contribution in [2.45, 2.75) is 40.0 Å². The van der Waals surface area contributed by atoms with Crippen LogP contribution in [0.3, 0.4) is 0 Å². The van der Waals surface area contributed by atoms with Crippen molar-refractivity contribution in [1.29, 1.82) is 0 Å². The number of hydrogen-bond donors (Lipinski definition) is 1. The molecule has 0 heterocycles. The Kier molecular flexibility index (Phi) is 11.6. The van der Waals surface area contributed by atoms with E-state index < -0.39 is 0 Å². The van der Waals surface area contributed by atoms with Gasteiger partial charge >= 0.3 is 0 Å². The Labute approximate surface area is 74.5 Å². The summed E-state index contributed by atoms with van der Waals surface area (Å²) < 4.78 is 0. The number of nitrogens with one attached hydrogen (secondary N) is 1. The van der Waals surface area contributed by atoms with Crippen LogP contribution in [0, 0.1) is 0 Å². The van der Waals surface area contributed by atoms with Gasteiger partial charge in [0.05, 0.1) is 0 Å². The van der Waals surface area contributed by atoms with Crippen LogP contribution in [-0.4, -0.2) is 18.7 Å². The lowest BCUT2D eigenvalue weighted by molar-refractivity contribution is -0.125. The van der Waals surface area contributed by atoms with Gasteiger partial charge < -0.3 is 5.32 Å². The maximum absolute atomic E-state index is 10.7. The van der Waals surface area contributed by atoms with Crippen LogP contribution in [0.4, 0.5) is 0 Å². The Bertz CT molecular complexity index is 116. The van der Waals surface area contributed by atoms with Gasteiger partial charge in [-0.05, 0) is 0 Å². The number of hydrogen-bond acceptors (Lipinski definition) is 2. The lowest BCUT2D eigenvalue weighted by Crippen LogP contribution is -2.18. The van der Waals surface area contributed by atoms with Gasteiger partial charge in [0, 0.05) is 26.3 Å². The molecular weight excluding hydrogens is 154 g/mol. The molecule has 0 radical (unpaired) electrons. The average Bonchev–Trinajstić information content (AvgIpc) is 2.16. The van der Waals surface area contributed by atoms with Crippen LogP contribution in [0.25, 0.3) is 0 Å². The number of carbonyl (C=O) groups excluding carboxylic acids is 2. The predicted octanol–water partition coefficient (Wildman–Crippen LogP) is 1.52. The molecule has 3 heteroatoms. The summed E-state index contributed by atoms with van der Waals surface area (Å²) >= 11 is 0. The highest BCUT2D eigenvalue weighted by Crippen LogP contribution is 1.93. The van der Waals surface area contributed by atoms with E-state index in [0.29, 0.717) is 19.3 Å². The van der Waals surface area contributed by atoms with Crippen molar-refractivity contribution in [2.75, 3.05) is 7.05 Å². The molecule has 0 saturated heterocycles. The van der Waals surface area contributed by atoms with Crippen LogP contribution in [0.5, 0.6) is 0 Å². The number of rotatable bonds is 4. The molecule has 0 saturated carbocycles. The van der Waals surface area contributed by atoms with Crippen molar-refractivity contribution in [3.63, 3.8) is 0 Å². The third-order valence-corrected chi connectivity index (χ3v) is 1.30. The van der Waals surface area contributed by atoms with Gasteiger partial charge in [0.25, 0.3) is 0 Å². The summed E-state index contributed by atoms with van der Waals surface area (Å²) in [5.74, 6) is 0.0744. The Morgan fingerprint density at radius 3 is 2.00 bits per heavy atom. The van der Waals surface area contributed by atoms with E-state index in [9.17, 15) is 9.59 Å². The number of amides is 1. The Morgan fingerprint density at radius 1 is 1.17 bits per heavy atom. The molecule has 72 valence electrons. The molecule has 0 atom stereocenters. The minimum absolute atomic E-state index is 0.0678. The Hall–Kier alpha value is -0.860. The summed E-state index contributed by atoms with van der Waals surface area (Å²) in [5, 5.41) is 2.45. The van der Waals surface area contributed by atoms with E-state index in [4.69, 9.17) is 0 Å². The minimum atomic E-state index is -0.0678. The van der Waals surface area contributed by atoms with Gasteiger partial charge in [0.15, 0.2) is 0 Å². The summed E-state index contributed by atoms with van der Waals surface area (Å²) in [5.41, 5.74) is 0. The standard InChI is InChI=1S/C7H13NO2.C2H6/c1-3-6(9)4-5-7(10)8-2;1-2/h3-5H2,1-2H3,(H,8,10);1-2H3. The maximum atomic E-state index is 10.7. The minimum Gasteiger partial charge on any atom is -0.359 e. The zero-order valence-electron chi connectivity index (χ0n) is 8.44. The Balaban J connectivity index is 0. The quantitative estimate of drug-likeness (QED) is 0.700. The van der Waals surface area contributed by atoms with E-state index in [-0.39, 0.29) is 11.7 Å². The lowest BCUT2D eigenvalue weighted by Gasteiger charge is -1.96. The van der Waals surface area contributed by atoms with E-state index in [2.05, 4.69) is 5.32 Å².